The van der Waals surface area contributed by atoms with Gasteiger partial charge in [-0.25, -0.2) is 8.42 Å². The highest BCUT2D eigenvalue weighted by Crippen LogP contribution is 2.29. The minimum Gasteiger partial charge on any atom is -0.493 e. The maximum atomic E-state index is 12.6. The van der Waals surface area contributed by atoms with Gasteiger partial charge in [-0.1, -0.05) is 0 Å². The van der Waals surface area contributed by atoms with Gasteiger partial charge < -0.3 is 10.1 Å². The van der Waals surface area contributed by atoms with Gasteiger partial charge >= 0.3 is 0 Å². The molecule has 2 rings (SSSR count). The maximum Gasteiger partial charge on any atom is 0.243 e. The van der Waals surface area contributed by atoms with Gasteiger partial charge in [0.05, 0.1) is 16.0 Å². The number of nitrogens with one attached hydrogen (secondary N) is 1. The summed E-state index contributed by atoms with van der Waals surface area (Å²) in [7, 11) is -3.43. The summed E-state index contributed by atoms with van der Waals surface area (Å²) in [6.07, 6.45) is 0.831. The van der Waals surface area contributed by atoms with Crippen molar-refractivity contribution >= 4 is 26.0 Å². The van der Waals surface area contributed by atoms with Crippen molar-refractivity contribution in [3.05, 3.63) is 22.7 Å². The smallest absolute Gasteiger partial charge is 0.243 e. The summed E-state index contributed by atoms with van der Waals surface area (Å²) in [6.45, 7) is 5.05. The van der Waals surface area contributed by atoms with Crippen LogP contribution in [0.1, 0.15) is 13.3 Å². The van der Waals surface area contributed by atoms with Crippen LogP contribution in [0.15, 0.2) is 27.6 Å². The fourth-order valence-corrected chi connectivity index (χ4v) is 4.28. The molecule has 20 heavy (non-hydrogen) atoms. The summed E-state index contributed by atoms with van der Waals surface area (Å²) >= 11 is 3.36. The predicted octanol–water partition coefficient (Wildman–Crippen LogP) is 1.83. The molecule has 7 heteroatoms. The Balaban J connectivity index is 2.26. The largest absolute Gasteiger partial charge is 0.493 e. The second-order valence-corrected chi connectivity index (χ2v) is 7.33. The van der Waals surface area contributed by atoms with E-state index in [1.807, 2.05) is 6.92 Å². The number of nitrogens with zero attached hydrogens (tertiary/aromatic N) is 1. The normalized spacial score (nSPS) is 17.7. The third-order valence-corrected chi connectivity index (χ3v) is 5.65. The second-order valence-electron chi connectivity index (χ2n) is 4.53. The van der Waals surface area contributed by atoms with Crippen LogP contribution in [0.4, 0.5) is 0 Å². The van der Waals surface area contributed by atoms with E-state index in [0.717, 1.165) is 13.0 Å². The Morgan fingerprint density at radius 2 is 2.15 bits per heavy atom. The molecule has 0 atom stereocenters. The molecule has 0 unspecified atom stereocenters. The average molecular weight is 363 g/mol. The number of rotatable bonds is 4. The van der Waals surface area contributed by atoms with Crippen LogP contribution in [0, 0.1) is 0 Å². The van der Waals surface area contributed by atoms with Crippen molar-refractivity contribution in [2.45, 2.75) is 18.2 Å². The van der Waals surface area contributed by atoms with Crippen LogP contribution >= 0.6 is 15.9 Å². The van der Waals surface area contributed by atoms with Crippen LogP contribution in [0.2, 0.25) is 0 Å². The molecule has 0 radical (unpaired) electrons. The Morgan fingerprint density at radius 1 is 1.35 bits per heavy atom. The third-order valence-electron chi connectivity index (χ3n) is 3.14. The molecule has 1 aromatic carbocycles. The molecule has 5 nitrogen and oxygen atoms in total. The first-order valence-electron chi connectivity index (χ1n) is 6.69. The lowest BCUT2D eigenvalue weighted by molar-refractivity contribution is 0.338. The molecule has 0 aliphatic carbocycles. The first kappa shape index (κ1) is 15.8. The van der Waals surface area contributed by atoms with Gasteiger partial charge in [0.1, 0.15) is 5.75 Å². The number of hydrogen-bond donors (Lipinski definition) is 1. The SMILES string of the molecule is CCOc1ccc(S(=O)(=O)N2CCCNCC2)cc1Br. The molecule has 0 amide bonds. The molecule has 1 N–H and O–H groups in total. The molecule has 1 aliphatic heterocycles. The van der Waals surface area contributed by atoms with E-state index >= 15 is 0 Å². The van der Waals surface area contributed by atoms with E-state index in [9.17, 15) is 8.42 Å². The highest BCUT2D eigenvalue weighted by Gasteiger charge is 2.25. The van der Waals surface area contributed by atoms with Crippen molar-refractivity contribution < 1.29 is 13.2 Å². The summed E-state index contributed by atoms with van der Waals surface area (Å²) in [5, 5.41) is 3.20. The van der Waals surface area contributed by atoms with Crippen molar-refractivity contribution in [2.75, 3.05) is 32.8 Å². The Bertz CT molecular complexity index is 555. The molecule has 1 heterocycles. The molecular formula is C13H19BrN2O3S. The molecule has 0 aromatic heterocycles. The number of sulfonamides is 1. The molecular weight excluding hydrogens is 344 g/mol. The van der Waals surface area contributed by atoms with Crippen molar-refractivity contribution in [1.82, 2.24) is 9.62 Å². The summed E-state index contributed by atoms with van der Waals surface area (Å²) in [5.74, 6) is 0.656. The zero-order chi connectivity index (χ0) is 14.6. The van der Waals surface area contributed by atoms with Gasteiger partial charge in [-0.15, -0.1) is 0 Å². The molecule has 0 spiro atoms. The molecule has 112 valence electrons. The van der Waals surface area contributed by atoms with Crippen LogP contribution in [0.3, 0.4) is 0 Å². The minimum atomic E-state index is -3.43. The van der Waals surface area contributed by atoms with Gasteiger partial charge in [0, 0.05) is 19.6 Å². The summed E-state index contributed by atoms with van der Waals surface area (Å²) < 4.78 is 32.8. The standard InChI is InChI=1S/C13H19BrN2O3S/c1-2-19-13-5-4-11(10-12(13)14)20(17,18)16-8-3-6-15-7-9-16/h4-5,10,15H,2-3,6-9H2,1H3. The number of benzene rings is 1. The monoisotopic (exact) mass is 362 g/mol. The molecule has 0 saturated carbocycles. The molecule has 1 saturated heterocycles. The summed E-state index contributed by atoms with van der Waals surface area (Å²) in [4.78, 5) is 0.301. The fourth-order valence-electron chi connectivity index (χ4n) is 2.12. The topological polar surface area (TPSA) is 58.6 Å². The molecule has 1 fully saturated rings. The zero-order valence-electron chi connectivity index (χ0n) is 11.4. The first-order valence-corrected chi connectivity index (χ1v) is 8.92. The van der Waals surface area contributed by atoms with E-state index in [1.165, 1.54) is 4.31 Å². The van der Waals surface area contributed by atoms with Crippen molar-refractivity contribution in [1.29, 1.82) is 0 Å². The third kappa shape index (κ3) is 3.52. The first-order chi connectivity index (χ1) is 9.55. The number of halogens is 1. The molecule has 1 aromatic rings. The molecule has 0 bridgehead atoms. The second kappa shape index (κ2) is 6.89. The van der Waals surface area contributed by atoms with Gasteiger partial charge in [-0.3, -0.25) is 0 Å². The molecule has 1 aliphatic rings. The zero-order valence-corrected chi connectivity index (χ0v) is 13.8. The van der Waals surface area contributed by atoms with Crippen molar-refractivity contribution in [3.8, 4) is 5.75 Å². The maximum absolute atomic E-state index is 12.6. The van der Waals surface area contributed by atoms with E-state index in [4.69, 9.17) is 4.74 Å². The van der Waals surface area contributed by atoms with Crippen LogP contribution in [-0.4, -0.2) is 45.5 Å². The number of ether oxygens (including phenoxy) is 1. The van der Waals surface area contributed by atoms with Crippen molar-refractivity contribution in [3.63, 3.8) is 0 Å². The van der Waals surface area contributed by atoms with E-state index in [1.54, 1.807) is 18.2 Å². The van der Waals surface area contributed by atoms with Crippen LogP contribution in [0.25, 0.3) is 0 Å². The van der Waals surface area contributed by atoms with E-state index in [0.29, 0.717) is 41.4 Å². The Kier molecular flexibility index (Phi) is 5.42. The summed E-state index contributed by atoms with van der Waals surface area (Å²) in [5.41, 5.74) is 0. The van der Waals surface area contributed by atoms with Gasteiger partial charge in [0.25, 0.3) is 0 Å². The van der Waals surface area contributed by atoms with Crippen molar-refractivity contribution in [2.24, 2.45) is 0 Å². The highest BCUT2D eigenvalue weighted by atomic mass is 79.9. The summed E-state index contributed by atoms with van der Waals surface area (Å²) in [6, 6.07) is 4.90. The average Bonchev–Trinajstić information content (AvgIpc) is 2.70. The Labute approximate surface area is 128 Å². The van der Waals surface area contributed by atoms with Crippen LogP contribution in [-0.2, 0) is 10.0 Å². The lowest BCUT2D eigenvalue weighted by atomic mass is 10.3. The minimum absolute atomic E-state index is 0.301. The Hall–Kier alpha value is -0.630. The lowest BCUT2D eigenvalue weighted by Gasteiger charge is -2.20. The van der Waals surface area contributed by atoms with E-state index < -0.39 is 10.0 Å². The lowest BCUT2D eigenvalue weighted by Crippen LogP contribution is -2.34. The van der Waals surface area contributed by atoms with E-state index in [-0.39, 0.29) is 0 Å². The number of hydrogen-bond acceptors (Lipinski definition) is 4. The van der Waals surface area contributed by atoms with Gasteiger partial charge in [0.15, 0.2) is 0 Å². The van der Waals surface area contributed by atoms with Gasteiger partial charge in [-0.05, 0) is 54.0 Å². The van der Waals surface area contributed by atoms with E-state index in [2.05, 4.69) is 21.2 Å². The predicted molar refractivity (Wildman–Crippen MR) is 81.6 cm³/mol. The van der Waals surface area contributed by atoms with Crippen LogP contribution < -0.4 is 10.1 Å². The van der Waals surface area contributed by atoms with Gasteiger partial charge in [-0.2, -0.15) is 4.31 Å². The van der Waals surface area contributed by atoms with Crippen LogP contribution in [0.5, 0.6) is 5.75 Å². The highest BCUT2D eigenvalue weighted by molar-refractivity contribution is 9.10. The Morgan fingerprint density at radius 3 is 2.85 bits per heavy atom. The van der Waals surface area contributed by atoms with Gasteiger partial charge in [0.2, 0.25) is 10.0 Å². The quantitative estimate of drug-likeness (QED) is 0.887. The fraction of sp³-hybridized carbons (Fsp3) is 0.538.